The number of amides is 2. The molecule has 0 radical (unpaired) electrons. The maximum Gasteiger partial charge on any atom is 0.317 e. The molecule has 2 amide bonds. The van der Waals surface area contributed by atoms with Crippen molar-refractivity contribution in [2.75, 3.05) is 26.2 Å². The van der Waals surface area contributed by atoms with Crippen LogP contribution in [0.1, 0.15) is 17.0 Å². The van der Waals surface area contributed by atoms with Gasteiger partial charge < -0.3 is 10.2 Å². The number of hydrogen-bond acceptors (Lipinski definition) is 4. The molecule has 0 spiro atoms. The Morgan fingerprint density at radius 3 is 2.47 bits per heavy atom. The van der Waals surface area contributed by atoms with Gasteiger partial charge in [-0.2, -0.15) is 0 Å². The van der Waals surface area contributed by atoms with E-state index < -0.39 is 0 Å². The van der Waals surface area contributed by atoms with E-state index in [4.69, 9.17) is 4.98 Å². The topological polar surface area (TPSA) is 66.3 Å². The van der Waals surface area contributed by atoms with Crippen LogP contribution in [0.15, 0.2) is 66.9 Å². The van der Waals surface area contributed by atoms with Crippen molar-refractivity contribution < 1.29 is 9.18 Å². The summed E-state index contributed by atoms with van der Waals surface area (Å²) in [5, 5.41) is 3.02. The summed E-state index contributed by atoms with van der Waals surface area (Å²) in [7, 11) is 0. The summed E-state index contributed by atoms with van der Waals surface area (Å²) in [5.41, 5.74) is 4.67. The normalized spacial score (nSPS) is 14.5. The van der Waals surface area contributed by atoms with Crippen LogP contribution in [0.3, 0.4) is 0 Å². The molecular weight excluding hydrogens is 431 g/mol. The van der Waals surface area contributed by atoms with E-state index in [1.807, 2.05) is 40.7 Å². The minimum absolute atomic E-state index is 0.0389. The molecule has 4 aromatic rings. The number of benzene rings is 2. The first-order valence-electron chi connectivity index (χ1n) is 11.5. The first-order valence-corrected chi connectivity index (χ1v) is 11.5. The molecule has 5 rings (SSSR count). The van der Waals surface area contributed by atoms with Gasteiger partial charge in [-0.05, 0) is 48.9 Å². The number of imidazole rings is 1. The minimum Gasteiger partial charge on any atom is -0.334 e. The highest BCUT2D eigenvalue weighted by Gasteiger charge is 2.23. The van der Waals surface area contributed by atoms with Gasteiger partial charge in [0.1, 0.15) is 17.2 Å². The molecule has 2 aromatic carbocycles. The summed E-state index contributed by atoms with van der Waals surface area (Å²) in [5.74, 6) is 0.567. The van der Waals surface area contributed by atoms with Crippen molar-refractivity contribution in [3.8, 4) is 5.69 Å². The SMILES string of the molecule is Cc1ccc(CNC(=O)N2CCN(Cc3nc4cccnc4n3-c3ccc(F)cc3)CC2)cc1. The predicted molar refractivity (Wildman–Crippen MR) is 129 cm³/mol. The van der Waals surface area contributed by atoms with Gasteiger partial charge in [-0.3, -0.25) is 9.47 Å². The molecule has 1 fully saturated rings. The average molecular weight is 459 g/mol. The summed E-state index contributed by atoms with van der Waals surface area (Å²) in [6.07, 6.45) is 1.74. The van der Waals surface area contributed by atoms with E-state index >= 15 is 0 Å². The first-order chi connectivity index (χ1) is 16.6. The molecule has 0 bridgehead atoms. The van der Waals surface area contributed by atoms with E-state index in [1.165, 1.54) is 17.7 Å². The molecule has 0 saturated carbocycles. The maximum absolute atomic E-state index is 13.5. The Hall–Kier alpha value is -3.78. The summed E-state index contributed by atoms with van der Waals surface area (Å²) >= 11 is 0. The number of hydrogen-bond donors (Lipinski definition) is 1. The van der Waals surface area contributed by atoms with Crippen molar-refractivity contribution in [2.45, 2.75) is 20.0 Å². The van der Waals surface area contributed by atoms with Gasteiger partial charge in [0, 0.05) is 44.6 Å². The maximum atomic E-state index is 13.5. The van der Waals surface area contributed by atoms with Crippen LogP contribution in [0.4, 0.5) is 9.18 Å². The molecule has 0 atom stereocenters. The van der Waals surface area contributed by atoms with Gasteiger partial charge in [-0.25, -0.2) is 19.2 Å². The number of piperazine rings is 1. The fourth-order valence-electron chi connectivity index (χ4n) is 4.23. The van der Waals surface area contributed by atoms with Gasteiger partial charge in [-0.15, -0.1) is 0 Å². The highest BCUT2D eigenvalue weighted by molar-refractivity contribution is 5.74. The molecule has 8 heteroatoms. The number of carbonyl (C=O) groups excluding carboxylic acids is 1. The highest BCUT2D eigenvalue weighted by Crippen LogP contribution is 2.21. The Balaban J connectivity index is 1.24. The fraction of sp³-hybridized carbons (Fsp3) is 0.269. The number of aryl methyl sites for hydroxylation is 1. The third kappa shape index (κ3) is 4.77. The fourth-order valence-corrected chi connectivity index (χ4v) is 4.23. The number of rotatable bonds is 5. The standard InChI is InChI=1S/C26H27FN6O/c1-19-4-6-20(7-5-19)17-29-26(34)32-15-13-31(14-16-32)18-24-30-23-3-2-12-28-25(23)33(24)22-10-8-21(27)9-11-22/h2-12H,13-18H2,1H3,(H,29,34). The lowest BCUT2D eigenvalue weighted by atomic mass is 10.1. The highest BCUT2D eigenvalue weighted by atomic mass is 19.1. The molecule has 2 aromatic heterocycles. The van der Waals surface area contributed by atoms with Crippen molar-refractivity contribution in [2.24, 2.45) is 0 Å². The van der Waals surface area contributed by atoms with Gasteiger partial charge in [0.25, 0.3) is 0 Å². The Morgan fingerprint density at radius 2 is 1.74 bits per heavy atom. The van der Waals surface area contributed by atoms with E-state index in [0.717, 1.165) is 41.3 Å². The second kappa shape index (κ2) is 9.61. The van der Waals surface area contributed by atoms with Gasteiger partial charge in [-0.1, -0.05) is 29.8 Å². The van der Waals surface area contributed by atoms with Crippen LogP contribution in [0.2, 0.25) is 0 Å². The van der Waals surface area contributed by atoms with Crippen LogP contribution in [-0.4, -0.2) is 56.5 Å². The van der Waals surface area contributed by atoms with Crippen LogP contribution in [0, 0.1) is 12.7 Å². The molecule has 1 aliphatic heterocycles. The summed E-state index contributed by atoms with van der Waals surface area (Å²) in [4.78, 5) is 26.1. The number of urea groups is 1. The Morgan fingerprint density at radius 1 is 1.00 bits per heavy atom. The smallest absolute Gasteiger partial charge is 0.317 e. The lowest BCUT2D eigenvalue weighted by Gasteiger charge is -2.34. The second-order valence-corrected chi connectivity index (χ2v) is 8.59. The van der Waals surface area contributed by atoms with Crippen molar-refractivity contribution >= 4 is 17.2 Å². The minimum atomic E-state index is -0.278. The molecule has 7 nitrogen and oxygen atoms in total. The Labute approximate surface area is 197 Å². The van der Waals surface area contributed by atoms with Crippen molar-refractivity contribution in [1.29, 1.82) is 0 Å². The van der Waals surface area contributed by atoms with Gasteiger partial charge in [0.2, 0.25) is 0 Å². The third-order valence-corrected chi connectivity index (χ3v) is 6.16. The summed E-state index contributed by atoms with van der Waals surface area (Å²) < 4.78 is 15.5. The average Bonchev–Trinajstić information content (AvgIpc) is 3.22. The van der Waals surface area contributed by atoms with E-state index in [9.17, 15) is 9.18 Å². The number of halogens is 1. The van der Waals surface area contributed by atoms with Crippen LogP contribution in [0.25, 0.3) is 16.9 Å². The van der Waals surface area contributed by atoms with Gasteiger partial charge in [0.05, 0.1) is 6.54 Å². The first kappa shape index (κ1) is 22.0. The van der Waals surface area contributed by atoms with Crippen LogP contribution >= 0.6 is 0 Å². The summed E-state index contributed by atoms with van der Waals surface area (Å²) in [6, 6.07) is 18.3. The van der Waals surface area contributed by atoms with Crippen molar-refractivity contribution in [3.63, 3.8) is 0 Å². The monoisotopic (exact) mass is 458 g/mol. The molecule has 0 unspecified atom stereocenters. The van der Waals surface area contributed by atoms with E-state index in [0.29, 0.717) is 26.2 Å². The number of fused-ring (bicyclic) bond motifs is 1. The number of nitrogens with one attached hydrogen (secondary N) is 1. The largest absolute Gasteiger partial charge is 0.334 e. The van der Waals surface area contributed by atoms with Crippen LogP contribution in [0.5, 0.6) is 0 Å². The zero-order valence-electron chi connectivity index (χ0n) is 19.1. The predicted octanol–water partition coefficient (Wildman–Crippen LogP) is 3.90. The molecule has 1 saturated heterocycles. The van der Waals surface area contributed by atoms with Gasteiger partial charge >= 0.3 is 6.03 Å². The van der Waals surface area contributed by atoms with Crippen LogP contribution < -0.4 is 5.32 Å². The molecule has 174 valence electrons. The lowest BCUT2D eigenvalue weighted by Crippen LogP contribution is -2.51. The molecule has 0 aliphatic carbocycles. The number of pyridine rings is 1. The van der Waals surface area contributed by atoms with E-state index in [2.05, 4.69) is 27.3 Å². The van der Waals surface area contributed by atoms with Crippen molar-refractivity contribution in [1.82, 2.24) is 29.7 Å². The molecule has 34 heavy (non-hydrogen) atoms. The zero-order chi connectivity index (χ0) is 23.5. The van der Waals surface area contributed by atoms with E-state index in [-0.39, 0.29) is 11.8 Å². The quantitative estimate of drug-likeness (QED) is 0.493. The van der Waals surface area contributed by atoms with E-state index in [1.54, 1.807) is 18.3 Å². The molecular formula is C26H27FN6O. The lowest BCUT2D eigenvalue weighted by molar-refractivity contribution is 0.133. The third-order valence-electron chi connectivity index (χ3n) is 6.16. The number of aromatic nitrogens is 3. The number of nitrogens with zero attached hydrogens (tertiary/aromatic N) is 5. The second-order valence-electron chi connectivity index (χ2n) is 8.59. The molecule has 1 N–H and O–H groups in total. The van der Waals surface area contributed by atoms with Gasteiger partial charge in [0.15, 0.2) is 5.65 Å². The van der Waals surface area contributed by atoms with Crippen molar-refractivity contribution in [3.05, 3.63) is 89.6 Å². The zero-order valence-corrected chi connectivity index (χ0v) is 19.1. The molecule has 3 heterocycles. The Kier molecular flexibility index (Phi) is 6.22. The van der Waals surface area contributed by atoms with Crippen LogP contribution in [-0.2, 0) is 13.1 Å². The Bertz CT molecular complexity index is 1280. The summed E-state index contributed by atoms with van der Waals surface area (Å²) in [6.45, 7) is 5.98. The number of carbonyl (C=O) groups is 1. The molecule has 1 aliphatic rings.